The summed E-state index contributed by atoms with van der Waals surface area (Å²) in [5.74, 6) is 0.659. The fourth-order valence-electron chi connectivity index (χ4n) is 2.77. The summed E-state index contributed by atoms with van der Waals surface area (Å²) in [6, 6.07) is 9.29. The van der Waals surface area contributed by atoms with Crippen molar-refractivity contribution in [3.8, 4) is 0 Å². The topological polar surface area (TPSA) is 18.5 Å². The number of nitrogens with one attached hydrogen (secondary N) is 1. The minimum absolute atomic E-state index is 0.557. The van der Waals surface area contributed by atoms with Gasteiger partial charge in [-0.1, -0.05) is 32.9 Å². The zero-order chi connectivity index (χ0) is 13.8. The molecule has 2 rings (SSSR count). The Kier molecular flexibility index (Phi) is 4.70. The van der Waals surface area contributed by atoms with Crippen LogP contribution in [-0.2, 0) is 0 Å². The number of likely N-dealkylation sites (N-methyl/N-ethyl adjacent to an activating group) is 2. The van der Waals surface area contributed by atoms with Gasteiger partial charge in [0, 0.05) is 32.7 Å². The van der Waals surface area contributed by atoms with E-state index < -0.39 is 0 Å². The summed E-state index contributed by atoms with van der Waals surface area (Å²) in [5, 5.41) is 3.62. The maximum absolute atomic E-state index is 3.62. The molecule has 0 bridgehead atoms. The number of hydrogen-bond donors (Lipinski definition) is 1. The Hall–Kier alpha value is -1.22. The molecule has 0 radical (unpaired) electrons. The summed E-state index contributed by atoms with van der Waals surface area (Å²) in [5.41, 5.74) is 2.73. The van der Waals surface area contributed by atoms with Crippen LogP contribution in [0.15, 0.2) is 24.3 Å². The molecule has 1 aromatic rings. The molecule has 3 nitrogen and oxygen atoms in total. The van der Waals surface area contributed by atoms with Crippen molar-refractivity contribution in [2.75, 3.05) is 43.0 Å². The third-order valence-electron chi connectivity index (χ3n) is 4.03. The van der Waals surface area contributed by atoms with Crippen LogP contribution in [0.2, 0.25) is 0 Å². The van der Waals surface area contributed by atoms with Gasteiger partial charge in [0.15, 0.2) is 0 Å². The lowest BCUT2D eigenvalue weighted by molar-refractivity contribution is 0.404. The highest BCUT2D eigenvalue weighted by Gasteiger charge is 2.23. The molecular weight excluding hydrogens is 234 g/mol. The van der Waals surface area contributed by atoms with Crippen LogP contribution >= 0.6 is 0 Å². The van der Waals surface area contributed by atoms with Gasteiger partial charge in [0.05, 0.1) is 11.4 Å². The summed E-state index contributed by atoms with van der Waals surface area (Å²) in [7, 11) is 2.18. The van der Waals surface area contributed by atoms with Crippen LogP contribution in [0, 0.1) is 5.92 Å². The van der Waals surface area contributed by atoms with Gasteiger partial charge in [0.25, 0.3) is 0 Å². The van der Waals surface area contributed by atoms with Crippen molar-refractivity contribution in [2.45, 2.75) is 26.8 Å². The van der Waals surface area contributed by atoms with E-state index in [0.29, 0.717) is 12.0 Å². The Balaban J connectivity index is 2.15. The van der Waals surface area contributed by atoms with Gasteiger partial charge in [-0.3, -0.25) is 0 Å². The average molecular weight is 261 g/mol. The largest absolute Gasteiger partial charge is 0.371 e. The van der Waals surface area contributed by atoms with Crippen LogP contribution in [0.5, 0.6) is 0 Å². The number of fused-ring (bicyclic) bond motifs is 1. The van der Waals surface area contributed by atoms with Crippen molar-refractivity contribution in [3.05, 3.63) is 24.3 Å². The predicted molar refractivity (Wildman–Crippen MR) is 84.2 cm³/mol. The highest BCUT2D eigenvalue weighted by molar-refractivity contribution is 5.73. The Morgan fingerprint density at radius 2 is 1.84 bits per heavy atom. The highest BCUT2D eigenvalue weighted by Crippen LogP contribution is 2.31. The second kappa shape index (κ2) is 6.29. The summed E-state index contributed by atoms with van der Waals surface area (Å²) in [4.78, 5) is 4.88. The number of hydrogen-bond acceptors (Lipinski definition) is 3. The lowest BCUT2D eigenvalue weighted by Crippen LogP contribution is -2.48. The van der Waals surface area contributed by atoms with E-state index in [0.717, 1.165) is 26.2 Å². The fraction of sp³-hybridized carbons (Fsp3) is 0.625. The molecule has 0 fully saturated rings. The number of nitrogens with zero attached hydrogens (tertiary/aromatic N) is 2. The van der Waals surface area contributed by atoms with Crippen LogP contribution < -0.4 is 15.1 Å². The molecule has 106 valence electrons. The molecule has 1 N–H and O–H groups in total. The fourth-order valence-corrected chi connectivity index (χ4v) is 2.77. The zero-order valence-corrected chi connectivity index (χ0v) is 12.7. The first-order valence-electron chi connectivity index (χ1n) is 7.42. The maximum Gasteiger partial charge on any atom is 0.0605 e. The van der Waals surface area contributed by atoms with Gasteiger partial charge < -0.3 is 15.1 Å². The summed E-state index contributed by atoms with van der Waals surface area (Å²) in [6.45, 7) is 11.1. The van der Waals surface area contributed by atoms with Crippen LogP contribution in [0.3, 0.4) is 0 Å². The normalized spacial score (nSPS) is 16.7. The van der Waals surface area contributed by atoms with Crippen molar-refractivity contribution in [3.63, 3.8) is 0 Å². The molecule has 19 heavy (non-hydrogen) atoms. The molecule has 1 aliphatic heterocycles. The average Bonchev–Trinajstić information content (AvgIpc) is 2.41. The van der Waals surface area contributed by atoms with E-state index >= 15 is 0 Å². The summed E-state index contributed by atoms with van der Waals surface area (Å²) in [6.07, 6.45) is 0. The number of para-hydroxylation sites is 2. The third kappa shape index (κ3) is 3.21. The second-order valence-corrected chi connectivity index (χ2v) is 5.76. The number of benzene rings is 1. The molecule has 1 atom stereocenters. The van der Waals surface area contributed by atoms with Gasteiger partial charge in [-0.15, -0.1) is 0 Å². The van der Waals surface area contributed by atoms with Crippen LogP contribution in [0.1, 0.15) is 20.8 Å². The molecule has 0 spiro atoms. The first-order chi connectivity index (χ1) is 9.13. The minimum atomic E-state index is 0.557. The van der Waals surface area contributed by atoms with Gasteiger partial charge in [-0.2, -0.15) is 0 Å². The van der Waals surface area contributed by atoms with Crippen molar-refractivity contribution in [2.24, 2.45) is 5.92 Å². The predicted octanol–water partition coefficient (Wildman–Crippen LogP) is 2.58. The maximum atomic E-state index is 3.62. The molecule has 3 heteroatoms. The van der Waals surface area contributed by atoms with E-state index in [1.807, 2.05) is 0 Å². The third-order valence-corrected chi connectivity index (χ3v) is 4.03. The molecule has 1 heterocycles. The Morgan fingerprint density at radius 1 is 1.16 bits per heavy atom. The second-order valence-electron chi connectivity index (χ2n) is 5.76. The lowest BCUT2D eigenvalue weighted by Gasteiger charge is -2.39. The standard InChI is InChI=1S/C16H27N3/c1-5-17-14(13(2)3)12-19-11-10-18(4)15-8-6-7-9-16(15)19/h6-9,13-14,17H,5,10-12H2,1-4H3. The lowest BCUT2D eigenvalue weighted by atomic mass is 10.0. The van der Waals surface area contributed by atoms with E-state index in [2.05, 4.69) is 67.2 Å². The van der Waals surface area contributed by atoms with Gasteiger partial charge in [-0.25, -0.2) is 0 Å². The van der Waals surface area contributed by atoms with Crippen LogP contribution in [-0.4, -0.2) is 39.3 Å². The summed E-state index contributed by atoms with van der Waals surface area (Å²) < 4.78 is 0. The van der Waals surface area contributed by atoms with Crippen molar-refractivity contribution >= 4 is 11.4 Å². The molecule has 1 aromatic carbocycles. The Labute approximate surface area is 117 Å². The van der Waals surface area contributed by atoms with Crippen LogP contribution in [0.4, 0.5) is 11.4 Å². The SMILES string of the molecule is CCNC(CN1CCN(C)c2ccccc21)C(C)C. The van der Waals surface area contributed by atoms with Crippen LogP contribution in [0.25, 0.3) is 0 Å². The van der Waals surface area contributed by atoms with Crippen molar-refractivity contribution < 1.29 is 0 Å². The van der Waals surface area contributed by atoms with Gasteiger partial charge in [0.1, 0.15) is 0 Å². The van der Waals surface area contributed by atoms with E-state index in [-0.39, 0.29) is 0 Å². The van der Waals surface area contributed by atoms with E-state index in [4.69, 9.17) is 0 Å². The van der Waals surface area contributed by atoms with Gasteiger partial charge in [-0.05, 0) is 24.6 Å². The first kappa shape index (κ1) is 14.2. The molecule has 0 aliphatic carbocycles. The van der Waals surface area contributed by atoms with E-state index in [1.165, 1.54) is 11.4 Å². The highest BCUT2D eigenvalue weighted by atomic mass is 15.3. The molecule has 0 saturated heterocycles. The van der Waals surface area contributed by atoms with E-state index in [1.54, 1.807) is 0 Å². The molecule has 0 saturated carbocycles. The molecule has 0 amide bonds. The first-order valence-corrected chi connectivity index (χ1v) is 7.42. The van der Waals surface area contributed by atoms with E-state index in [9.17, 15) is 0 Å². The molecule has 1 unspecified atom stereocenters. The molecular formula is C16H27N3. The number of rotatable bonds is 5. The smallest absolute Gasteiger partial charge is 0.0605 e. The quantitative estimate of drug-likeness (QED) is 0.879. The Morgan fingerprint density at radius 3 is 2.47 bits per heavy atom. The van der Waals surface area contributed by atoms with Gasteiger partial charge in [0.2, 0.25) is 0 Å². The monoisotopic (exact) mass is 261 g/mol. The minimum Gasteiger partial charge on any atom is -0.371 e. The number of anilines is 2. The Bertz CT molecular complexity index is 403. The summed E-state index contributed by atoms with van der Waals surface area (Å²) >= 11 is 0. The molecule has 0 aromatic heterocycles. The van der Waals surface area contributed by atoms with Gasteiger partial charge >= 0.3 is 0 Å². The zero-order valence-electron chi connectivity index (χ0n) is 12.7. The van der Waals surface area contributed by atoms with Crippen molar-refractivity contribution in [1.82, 2.24) is 5.32 Å². The van der Waals surface area contributed by atoms with Crippen molar-refractivity contribution in [1.29, 1.82) is 0 Å². The molecule has 1 aliphatic rings.